The number of hydrogen-bond donors (Lipinski definition) is 0. The number of pyridine rings is 2. The first kappa shape index (κ1) is 25.0. The third-order valence-electron chi connectivity index (χ3n) is 6.28. The van der Waals surface area contributed by atoms with Gasteiger partial charge in [0, 0.05) is 38.9 Å². The smallest absolute Gasteiger partial charge is 0.0930 e. The Morgan fingerprint density at radius 3 is 2.40 bits per heavy atom. The van der Waals surface area contributed by atoms with E-state index >= 15 is 0 Å². The Balaban J connectivity index is 0.000000189. The predicted octanol–water partition coefficient (Wildman–Crippen LogP) is 7.84. The molecule has 0 atom stereocenters. The number of benzene rings is 2. The fraction of sp³-hybridized carbons (Fsp3) is 0.226. The normalized spacial score (nSPS) is 12.4. The maximum atomic E-state index is 6.18. The van der Waals surface area contributed by atoms with E-state index in [1.165, 1.54) is 35.1 Å². The van der Waals surface area contributed by atoms with Crippen LogP contribution in [-0.4, -0.2) is 9.97 Å². The van der Waals surface area contributed by atoms with E-state index < -0.39 is 0 Å². The van der Waals surface area contributed by atoms with Crippen LogP contribution in [-0.2, 0) is 32.9 Å². The van der Waals surface area contributed by atoms with Crippen molar-refractivity contribution in [3.8, 4) is 22.5 Å². The molecule has 0 bridgehead atoms. The zero-order valence-corrected chi connectivity index (χ0v) is 22.4. The van der Waals surface area contributed by atoms with Crippen LogP contribution in [0.25, 0.3) is 33.5 Å². The quantitative estimate of drug-likeness (QED) is 0.190. The SMILES string of the molecule is CC(C)c1ccc(-c2[c-]ccc3c4c(oc23)CCCC4)nc1.[Ir].[c-]1ccccc1-c1ccccn1. The third kappa shape index (κ3) is 5.61. The van der Waals surface area contributed by atoms with Gasteiger partial charge in [0.15, 0.2) is 0 Å². The van der Waals surface area contributed by atoms with Crippen molar-refractivity contribution in [2.45, 2.75) is 45.4 Å². The minimum Gasteiger partial charge on any atom is -0.505 e. The van der Waals surface area contributed by atoms with Gasteiger partial charge in [0.05, 0.1) is 11.3 Å². The summed E-state index contributed by atoms with van der Waals surface area (Å²) in [6.45, 7) is 4.37. The van der Waals surface area contributed by atoms with Crippen molar-refractivity contribution >= 4 is 11.0 Å². The molecule has 0 saturated carbocycles. The van der Waals surface area contributed by atoms with Crippen molar-refractivity contribution in [1.82, 2.24) is 9.97 Å². The second-order valence-corrected chi connectivity index (χ2v) is 8.93. The molecule has 5 aromatic rings. The van der Waals surface area contributed by atoms with E-state index in [0.717, 1.165) is 40.9 Å². The number of nitrogens with zero attached hydrogens (tertiary/aromatic N) is 2. The van der Waals surface area contributed by atoms with E-state index in [-0.39, 0.29) is 20.1 Å². The molecule has 3 nitrogen and oxygen atoms in total. The number of aryl methyl sites for hydroxylation is 2. The minimum absolute atomic E-state index is 0. The largest absolute Gasteiger partial charge is 0.505 e. The van der Waals surface area contributed by atoms with Gasteiger partial charge in [-0.3, -0.25) is 0 Å². The second kappa shape index (κ2) is 11.6. The molecule has 179 valence electrons. The molecule has 1 aliphatic carbocycles. The van der Waals surface area contributed by atoms with Crippen LogP contribution >= 0.6 is 0 Å². The number of fused-ring (bicyclic) bond motifs is 3. The van der Waals surface area contributed by atoms with E-state index in [2.05, 4.69) is 54.1 Å². The van der Waals surface area contributed by atoms with E-state index in [0.29, 0.717) is 5.92 Å². The number of rotatable bonds is 3. The van der Waals surface area contributed by atoms with Crippen molar-refractivity contribution in [2.75, 3.05) is 0 Å². The Kier molecular flexibility index (Phi) is 8.28. The average Bonchev–Trinajstić information content (AvgIpc) is 3.29. The fourth-order valence-corrected chi connectivity index (χ4v) is 4.39. The Morgan fingerprint density at radius 2 is 1.69 bits per heavy atom. The first-order valence-electron chi connectivity index (χ1n) is 12.0. The van der Waals surface area contributed by atoms with Gasteiger partial charge in [-0.1, -0.05) is 49.1 Å². The zero-order valence-electron chi connectivity index (χ0n) is 20.0. The molecule has 2 aromatic carbocycles. The average molecular weight is 637 g/mol. The van der Waals surface area contributed by atoms with E-state index in [1.807, 2.05) is 54.7 Å². The Labute approximate surface area is 221 Å². The maximum absolute atomic E-state index is 6.18. The monoisotopic (exact) mass is 637 g/mol. The number of aromatic nitrogens is 2. The van der Waals surface area contributed by atoms with Gasteiger partial charge in [-0.25, -0.2) is 0 Å². The standard InChI is InChI=1S/C20H20NO.C11H8N.Ir/c1-13(2)14-10-11-18(21-12-14)17-8-5-7-16-15-6-3-4-9-19(15)22-20(16)17;1-2-6-10(7-3-1)11-8-4-5-9-12-11;/h5,7,10-13H,3-4,6,9H2,1-2H3;1-6,8-9H;/q2*-1;. The molecule has 3 heterocycles. The summed E-state index contributed by atoms with van der Waals surface area (Å²) in [5.74, 6) is 1.66. The second-order valence-electron chi connectivity index (χ2n) is 8.93. The summed E-state index contributed by atoms with van der Waals surface area (Å²) < 4.78 is 6.18. The zero-order chi connectivity index (χ0) is 23.3. The molecule has 0 fully saturated rings. The molecule has 3 aromatic heterocycles. The first-order chi connectivity index (χ1) is 16.7. The van der Waals surface area contributed by atoms with Gasteiger partial charge in [-0.05, 0) is 53.8 Å². The predicted molar refractivity (Wildman–Crippen MR) is 138 cm³/mol. The number of furan rings is 1. The van der Waals surface area contributed by atoms with Gasteiger partial charge in [-0.2, -0.15) is 0 Å². The van der Waals surface area contributed by atoms with Gasteiger partial charge in [-0.15, -0.1) is 54.1 Å². The van der Waals surface area contributed by atoms with Crippen molar-refractivity contribution < 1.29 is 24.5 Å². The van der Waals surface area contributed by atoms with Crippen LogP contribution in [0.3, 0.4) is 0 Å². The summed E-state index contributed by atoms with van der Waals surface area (Å²) >= 11 is 0. The van der Waals surface area contributed by atoms with E-state index in [1.54, 1.807) is 6.20 Å². The van der Waals surface area contributed by atoms with Crippen LogP contribution in [0.15, 0.2) is 83.5 Å². The van der Waals surface area contributed by atoms with Crippen LogP contribution in [0.5, 0.6) is 0 Å². The van der Waals surface area contributed by atoms with Gasteiger partial charge < -0.3 is 14.4 Å². The minimum atomic E-state index is 0. The maximum Gasteiger partial charge on any atom is 0.0930 e. The molecule has 1 radical (unpaired) electrons. The summed E-state index contributed by atoms with van der Waals surface area (Å²) in [5, 5.41) is 1.25. The summed E-state index contributed by atoms with van der Waals surface area (Å²) in [6, 6.07) is 28.5. The number of hydrogen-bond acceptors (Lipinski definition) is 3. The Bertz CT molecular complexity index is 1320. The summed E-state index contributed by atoms with van der Waals surface area (Å²) in [4.78, 5) is 8.85. The molecule has 0 N–H and O–H groups in total. The molecule has 0 amide bonds. The van der Waals surface area contributed by atoms with Gasteiger partial charge in [0.2, 0.25) is 0 Å². The van der Waals surface area contributed by atoms with E-state index in [4.69, 9.17) is 4.42 Å². The summed E-state index contributed by atoms with van der Waals surface area (Å²) in [6.07, 6.45) is 8.44. The molecule has 0 unspecified atom stereocenters. The van der Waals surface area contributed by atoms with E-state index in [9.17, 15) is 0 Å². The fourth-order valence-electron chi connectivity index (χ4n) is 4.39. The molecular formula is C31H28IrN2O-2. The topological polar surface area (TPSA) is 38.9 Å². The molecule has 6 rings (SSSR count). The van der Waals surface area contributed by atoms with Crippen LogP contribution in [0, 0.1) is 12.1 Å². The molecule has 4 heteroatoms. The molecule has 35 heavy (non-hydrogen) atoms. The van der Waals surface area contributed by atoms with Crippen LogP contribution in [0.4, 0.5) is 0 Å². The Morgan fingerprint density at radius 1 is 0.829 bits per heavy atom. The third-order valence-corrected chi connectivity index (χ3v) is 6.28. The van der Waals surface area contributed by atoms with Crippen molar-refractivity contribution in [1.29, 1.82) is 0 Å². The molecule has 1 aliphatic rings. The van der Waals surface area contributed by atoms with Crippen LogP contribution < -0.4 is 0 Å². The van der Waals surface area contributed by atoms with Crippen LogP contribution in [0.2, 0.25) is 0 Å². The van der Waals surface area contributed by atoms with Gasteiger partial charge >= 0.3 is 0 Å². The first-order valence-corrected chi connectivity index (χ1v) is 12.0. The Hall–Kier alpha value is -3.07. The molecule has 0 spiro atoms. The molecule has 0 saturated heterocycles. The van der Waals surface area contributed by atoms with Crippen LogP contribution in [0.1, 0.15) is 49.5 Å². The van der Waals surface area contributed by atoms with Crippen molar-refractivity contribution in [2.24, 2.45) is 0 Å². The summed E-state index contributed by atoms with van der Waals surface area (Å²) in [7, 11) is 0. The molecular weight excluding hydrogens is 609 g/mol. The van der Waals surface area contributed by atoms with Crippen molar-refractivity contribution in [3.63, 3.8) is 0 Å². The molecule has 0 aliphatic heterocycles. The van der Waals surface area contributed by atoms with Gasteiger partial charge in [0.25, 0.3) is 0 Å². The van der Waals surface area contributed by atoms with Crippen molar-refractivity contribution in [3.05, 3.63) is 108 Å². The van der Waals surface area contributed by atoms with Gasteiger partial charge in [0.1, 0.15) is 0 Å². The summed E-state index contributed by atoms with van der Waals surface area (Å²) in [5.41, 5.74) is 7.56.